The Balaban J connectivity index is 2.03. The van der Waals surface area contributed by atoms with Crippen LogP contribution in [0.25, 0.3) is 0 Å². The molecule has 0 radical (unpaired) electrons. The van der Waals surface area contributed by atoms with Gasteiger partial charge in [-0.2, -0.15) is 0 Å². The average Bonchev–Trinajstić information content (AvgIpc) is 2.67. The third-order valence-electron chi connectivity index (χ3n) is 4.00. The molecule has 108 valence electrons. The highest BCUT2D eigenvalue weighted by Crippen LogP contribution is 2.35. The van der Waals surface area contributed by atoms with Crippen molar-refractivity contribution in [2.75, 3.05) is 13.7 Å². The fourth-order valence-corrected chi connectivity index (χ4v) is 2.83. The van der Waals surface area contributed by atoms with Crippen LogP contribution in [0, 0.1) is 6.92 Å². The lowest BCUT2D eigenvalue weighted by Gasteiger charge is -2.15. The molecule has 0 spiro atoms. The number of hydrogen-bond acceptors (Lipinski definition) is 3. The number of methoxy groups -OCH3 is 1. The molecule has 3 rings (SSSR count). The number of ketones is 1. The molecule has 0 N–H and O–H groups in total. The Bertz CT molecular complexity index is 676. The van der Waals surface area contributed by atoms with Gasteiger partial charge in [0.2, 0.25) is 0 Å². The van der Waals surface area contributed by atoms with Crippen LogP contribution in [0.4, 0.5) is 0 Å². The number of carbonyl (C=O) groups excluding carboxylic acids is 1. The summed E-state index contributed by atoms with van der Waals surface area (Å²) in [5, 5.41) is 0. The van der Waals surface area contributed by atoms with Crippen LogP contribution in [0.3, 0.4) is 0 Å². The monoisotopic (exact) mass is 282 g/mol. The topological polar surface area (TPSA) is 35.5 Å². The molecular formula is C18H18O3. The van der Waals surface area contributed by atoms with Crippen molar-refractivity contribution in [1.29, 1.82) is 0 Å². The standard InChI is InChI=1S/C18H18O3/c1-12-5-3-4-6-14(12)15-9-10-21-17-11-13(20-2)7-8-16(17)18(15)19/h3-8,11,15H,9-10H2,1-2H3. The number of fused-ring (bicyclic) bond motifs is 1. The summed E-state index contributed by atoms with van der Waals surface area (Å²) in [7, 11) is 1.61. The van der Waals surface area contributed by atoms with Crippen LogP contribution in [0.2, 0.25) is 0 Å². The third kappa shape index (κ3) is 2.51. The number of ether oxygens (including phenoxy) is 2. The molecule has 1 heterocycles. The minimum absolute atomic E-state index is 0.124. The van der Waals surface area contributed by atoms with Crippen LogP contribution < -0.4 is 9.47 Å². The first-order valence-corrected chi connectivity index (χ1v) is 7.11. The Morgan fingerprint density at radius 3 is 2.76 bits per heavy atom. The molecule has 2 aromatic rings. The normalized spacial score (nSPS) is 17.6. The van der Waals surface area contributed by atoms with Crippen molar-refractivity contribution in [1.82, 2.24) is 0 Å². The summed E-state index contributed by atoms with van der Waals surface area (Å²) in [5.41, 5.74) is 2.88. The van der Waals surface area contributed by atoms with E-state index >= 15 is 0 Å². The van der Waals surface area contributed by atoms with E-state index in [1.807, 2.05) is 31.2 Å². The zero-order valence-electron chi connectivity index (χ0n) is 12.3. The van der Waals surface area contributed by atoms with Crippen LogP contribution >= 0.6 is 0 Å². The Hall–Kier alpha value is -2.29. The van der Waals surface area contributed by atoms with E-state index in [-0.39, 0.29) is 11.7 Å². The molecule has 0 bridgehead atoms. The van der Waals surface area contributed by atoms with Crippen molar-refractivity contribution in [2.45, 2.75) is 19.3 Å². The van der Waals surface area contributed by atoms with Crippen molar-refractivity contribution in [3.63, 3.8) is 0 Å². The predicted molar refractivity (Wildman–Crippen MR) is 81.4 cm³/mol. The van der Waals surface area contributed by atoms with Gasteiger partial charge in [0, 0.05) is 6.07 Å². The van der Waals surface area contributed by atoms with Crippen molar-refractivity contribution >= 4 is 5.78 Å². The zero-order valence-corrected chi connectivity index (χ0v) is 12.3. The fourth-order valence-electron chi connectivity index (χ4n) is 2.83. The van der Waals surface area contributed by atoms with Crippen molar-refractivity contribution in [3.8, 4) is 11.5 Å². The molecule has 0 saturated carbocycles. The Morgan fingerprint density at radius 1 is 1.19 bits per heavy atom. The van der Waals surface area contributed by atoms with Gasteiger partial charge in [-0.3, -0.25) is 4.79 Å². The van der Waals surface area contributed by atoms with Crippen molar-refractivity contribution in [2.24, 2.45) is 0 Å². The van der Waals surface area contributed by atoms with Crippen LogP contribution in [0.15, 0.2) is 42.5 Å². The highest BCUT2D eigenvalue weighted by atomic mass is 16.5. The van der Waals surface area contributed by atoms with E-state index in [1.165, 1.54) is 0 Å². The van der Waals surface area contributed by atoms with Crippen LogP contribution in [-0.4, -0.2) is 19.5 Å². The summed E-state index contributed by atoms with van der Waals surface area (Å²) in [6.07, 6.45) is 0.695. The van der Waals surface area contributed by atoms with E-state index in [0.717, 1.165) is 11.1 Å². The number of hydrogen-bond donors (Lipinski definition) is 0. The maximum Gasteiger partial charge on any atom is 0.174 e. The van der Waals surface area contributed by atoms with Gasteiger partial charge in [0.05, 0.1) is 25.2 Å². The van der Waals surface area contributed by atoms with Gasteiger partial charge in [-0.15, -0.1) is 0 Å². The smallest absolute Gasteiger partial charge is 0.174 e. The molecule has 3 nitrogen and oxygen atoms in total. The summed E-state index contributed by atoms with van der Waals surface area (Å²) in [6, 6.07) is 13.4. The average molecular weight is 282 g/mol. The third-order valence-corrected chi connectivity index (χ3v) is 4.00. The summed E-state index contributed by atoms with van der Waals surface area (Å²) < 4.78 is 10.9. The predicted octanol–water partition coefficient (Wildman–Crippen LogP) is 3.75. The lowest BCUT2D eigenvalue weighted by molar-refractivity contribution is 0.0958. The van der Waals surface area contributed by atoms with Gasteiger partial charge in [-0.05, 0) is 36.6 Å². The van der Waals surface area contributed by atoms with Gasteiger partial charge < -0.3 is 9.47 Å². The molecule has 3 heteroatoms. The highest BCUT2D eigenvalue weighted by Gasteiger charge is 2.28. The quantitative estimate of drug-likeness (QED) is 0.841. The summed E-state index contributed by atoms with van der Waals surface area (Å²) in [4.78, 5) is 12.9. The molecule has 0 fully saturated rings. The molecule has 2 aromatic carbocycles. The molecule has 1 atom stereocenters. The molecule has 21 heavy (non-hydrogen) atoms. The van der Waals surface area contributed by atoms with Gasteiger partial charge in [0.15, 0.2) is 5.78 Å². The first-order chi connectivity index (χ1) is 10.2. The zero-order chi connectivity index (χ0) is 14.8. The summed E-state index contributed by atoms with van der Waals surface area (Å²) >= 11 is 0. The summed E-state index contributed by atoms with van der Waals surface area (Å²) in [6.45, 7) is 2.58. The summed E-state index contributed by atoms with van der Waals surface area (Å²) in [5.74, 6) is 1.31. The number of carbonyl (C=O) groups is 1. The van der Waals surface area contributed by atoms with Gasteiger partial charge in [-0.25, -0.2) is 0 Å². The van der Waals surface area contributed by atoms with Gasteiger partial charge in [0.25, 0.3) is 0 Å². The number of benzene rings is 2. The van der Waals surface area contributed by atoms with Crippen LogP contribution in [0.5, 0.6) is 11.5 Å². The lowest BCUT2D eigenvalue weighted by atomic mass is 9.86. The first-order valence-electron chi connectivity index (χ1n) is 7.11. The lowest BCUT2D eigenvalue weighted by Crippen LogP contribution is -2.13. The molecule has 0 saturated heterocycles. The Morgan fingerprint density at radius 2 is 2.00 bits per heavy atom. The van der Waals surface area contributed by atoms with E-state index in [0.29, 0.717) is 30.1 Å². The van der Waals surface area contributed by atoms with E-state index < -0.39 is 0 Å². The Labute approximate surface area is 124 Å². The second-order valence-electron chi connectivity index (χ2n) is 5.27. The minimum atomic E-state index is -0.138. The number of aryl methyl sites for hydroxylation is 1. The molecule has 1 unspecified atom stereocenters. The second-order valence-corrected chi connectivity index (χ2v) is 5.27. The van der Waals surface area contributed by atoms with E-state index in [1.54, 1.807) is 25.3 Å². The fraction of sp³-hybridized carbons (Fsp3) is 0.278. The maximum absolute atomic E-state index is 12.9. The molecule has 0 aliphatic carbocycles. The van der Waals surface area contributed by atoms with E-state index in [9.17, 15) is 4.79 Å². The highest BCUT2D eigenvalue weighted by molar-refractivity contribution is 6.03. The molecule has 1 aliphatic heterocycles. The first kappa shape index (κ1) is 13.7. The maximum atomic E-state index is 12.9. The Kier molecular flexibility index (Phi) is 3.65. The molecule has 0 aromatic heterocycles. The minimum Gasteiger partial charge on any atom is -0.497 e. The molecule has 0 amide bonds. The van der Waals surface area contributed by atoms with E-state index in [2.05, 4.69) is 0 Å². The second kappa shape index (κ2) is 5.60. The van der Waals surface area contributed by atoms with Crippen molar-refractivity contribution < 1.29 is 14.3 Å². The van der Waals surface area contributed by atoms with Crippen LogP contribution in [-0.2, 0) is 0 Å². The number of rotatable bonds is 2. The number of Topliss-reactive ketones (excluding diaryl/α,β-unsaturated/α-hetero) is 1. The largest absolute Gasteiger partial charge is 0.497 e. The van der Waals surface area contributed by atoms with Gasteiger partial charge in [-0.1, -0.05) is 24.3 Å². The molecular weight excluding hydrogens is 264 g/mol. The van der Waals surface area contributed by atoms with Gasteiger partial charge in [0.1, 0.15) is 11.5 Å². The van der Waals surface area contributed by atoms with Gasteiger partial charge >= 0.3 is 0 Å². The molecule has 1 aliphatic rings. The SMILES string of the molecule is COc1ccc2c(c1)OCCC(c1ccccc1C)C2=O. The van der Waals surface area contributed by atoms with E-state index in [4.69, 9.17) is 9.47 Å². The van der Waals surface area contributed by atoms with Crippen LogP contribution in [0.1, 0.15) is 33.8 Å². The van der Waals surface area contributed by atoms with Crippen molar-refractivity contribution in [3.05, 3.63) is 59.2 Å².